The average molecular weight is 526 g/mol. The van der Waals surface area contributed by atoms with E-state index in [2.05, 4.69) is 73.4 Å². The zero-order chi connectivity index (χ0) is 28.2. The van der Waals surface area contributed by atoms with Crippen molar-refractivity contribution in [3.63, 3.8) is 0 Å². The maximum Gasteiger partial charge on any atom is 0.140 e. The molecule has 1 fully saturated rings. The van der Waals surface area contributed by atoms with Gasteiger partial charge in [0.05, 0.1) is 11.7 Å². The van der Waals surface area contributed by atoms with Crippen LogP contribution in [0.3, 0.4) is 0 Å². The molecule has 7 heteroatoms. The number of hydrogen-bond donors (Lipinski definition) is 2. The second-order valence-electron chi connectivity index (χ2n) is 11.5. The van der Waals surface area contributed by atoms with Crippen LogP contribution in [-0.4, -0.2) is 46.1 Å². The Morgan fingerprint density at radius 2 is 2.05 bits per heavy atom. The first-order valence-corrected chi connectivity index (χ1v) is 13.9. The fourth-order valence-electron chi connectivity index (χ4n) is 5.37. The first kappa shape index (κ1) is 28.4. The Balaban J connectivity index is 1.73. The van der Waals surface area contributed by atoms with E-state index < -0.39 is 0 Å². The van der Waals surface area contributed by atoms with Gasteiger partial charge in [-0.2, -0.15) is 0 Å². The smallest absolute Gasteiger partial charge is 0.140 e. The molecule has 3 aromatic rings. The SMILES string of the molecule is C=C(C)/C=C\C(=C)Nc1cc(Cc2nc(N(C)C3CCNCC3(C)C)c3c(C(C)CC)cncc3n2)ccn1. The highest BCUT2D eigenvalue weighted by molar-refractivity contribution is 5.92. The monoisotopic (exact) mass is 525 g/mol. The van der Waals surface area contributed by atoms with E-state index in [-0.39, 0.29) is 5.41 Å². The Kier molecular flexibility index (Phi) is 8.80. The Morgan fingerprint density at radius 3 is 2.77 bits per heavy atom. The first-order chi connectivity index (χ1) is 18.6. The molecule has 1 aliphatic rings. The van der Waals surface area contributed by atoms with Crippen LogP contribution in [0, 0.1) is 5.41 Å². The van der Waals surface area contributed by atoms with Crippen LogP contribution in [0.4, 0.5) is 11.6 Å². The number of fused-ring (bicyclic) bond motifs is 1. The van der Waals surface area contributed by atoms with Crippen LogP contribution >= 0.6 is 0 Å². The van der Waals surface area contributed by atoms with Gasteiger partial charge in [-0.3, -0.25) is 4.98 Å². The van der Waals surface area contributed by atoms with Crippen molar-refractivity contribution < 1.29 is 0 Å². The van der Waals surface area contributed by atoms with Crippen molar-refractivity contribution in [2.45, 2.75) is 65.8 Å². The molecule has 206 valence electrons. The number of pyridine rings is 2. The molecule has 1 aliphatic heterocycles. The number of rotatable bonds is 10. The molecule has 4 rings (SSSR count). The zero-order valence-electron chi connectivity index (χ0n) is 24.4. The predicted molar refractivity (Wildman–Crippen MR) is 163 cm³/mol. The lowest BCUT2D eigenvalue weighted by Gasteiger charge is -2.45. The summed E-state index contributed by atoms with van der Waals surface area (Å²) < 4.78 is 0. The van der Waals surface area contributed by atoms with Gasteiger partial charge in [0, 0.05) is 49.5 Å². The third-order valence-electron chi connectivity index (χ3n) is 7.73. The van der Waals surface area contributed by atoms with Gasteiger partial charge >= 0.3 is 0 Å². The first-order valence-electron chi connectivity index (χ1n) is 13.9. The number of hydrogen-bond acceptors (Lipinski definition) is 7. The third-order valence-corrected chi connectivity index (χ3v) is 7.73. The molecule has 0 aromatic carbocycles. The van der Waals surface area contributed by atoms with E-state index in [1.807, 2.05) is 49.8 Å². The molecule has 39 heavy (non-hydrogen) atoms. The van der Waals surface area contributed by atoms with E-state index in [0.717, 1.165) is 71.1 Å². The van der Waals surface area contributed by atoms with Crippen LogP contribution in [-0.2, 0) is 6.42 Å². The minimum atomic E-state index is 0.112. The van der Waals surface area contributed by atoms with Crippen molar-refractivity contribution in [3.05, 3.63) is 84.3 Å². The van der Waals surface area contributed by atoms with Crippen LogP contribution in [0.25, 0.3) is 10.9 Å². The van der Waals surface area contributed by atoms with Crippen molar-refractivity contribution in [2.24, 2.45) is 5.41 Å². The molecule has 2 unspecified atom stereocenters. The maximum atomic E-state index is 5.24. The molecule has 3 aromatic heterocycles. The summed E-state index contributed by atoms with van der Waals surface area (Å²) in [5.41, 5.74) is 5.02. The Labute approximate surface area is 233 Å². The van der Waals surface area contributed by atoms with Gasteiger partial charge in [0.2, 0.25) is 0 Å². The lowest BCUT2D eigenvalue weighted by atomic mass is 9.79. The summed E-state index contributed by atoms with van der Waals surface area (Å²) >= 11 is 0. The van der Waals surface area contributed by atoms with Gasteiger partial charge < -0.3 is 15.5 Å². The molecule has 0 amide bonds. The van der Waals surface area contributed by atoms with Gasteiger partial charge in [0.15, 0.2) is 0 Å². The highest BCUT2D eigenvalue weighted by Gasteiger charge is 2.36. The predicted octanol–water partition coefficient (Wildman–Crippen LogP) is 6.41. The number of piperidine rings is 1. The third kappa shape index (κ3) is 6.71. The van der Waals surface area contributed by atoms with Crippen molar-refractivity contribution in [1.29, 1.82) is 0 Å². The molecule has 1 saturated heterocycles. The summed E-state index contributed by atoms with van der Waals surface area (Å²) in [6.45, 7) is 21.1. The molecule has 7 nitrogen and oxygen atoms in total. The summed E-state index contributed by atoms with van der Waals surface area (Å²) in [6.07, 6.45) is 12.2. The van der Waals surface area contributed by atoms with Gasteiger partial charge in [-0.25, -0.2) is 15.0 Å². The van der Waals surface area contributed by atoms with Gasteiger partial charge in [0.1, 0.15) is 17.5 Å². The minimum absolute atomic E-state index is 0.112. The topological polar surface area (TPSA) is 78.9 Å². The molecule has 0 bridgehead atoms. The Bertz CT molecular complexity index is 1370. The van der Waals surface area contributed by atoms with Crippen LogP contribution in [0.5, 0.6) is 0 Å². The fourth-order valence-corrected chi connectivity index (χ4v) is 5.37. The second kappa shape index (κ2) is 12.1. The highest BCUT2D eigenvalue weighted by atomic mass is 15.2. The molecular formula is C32H43N7. The van der Waals surface area contributed by atoms with Crippen molar-refractivity contribution in [1.82, 2.24) is 25.3 Å². The molecular weight excluding hydrogens is 482 g/mol. The Morgan fingerprint density at radius 1 is 1.26 bits per heavy atom. The highest BCUT2D eigenvalue weighted by Crippen LogP contribution is 2.37. The molecule has 4 heterocycles. The zero-order valence-corrected chi connectivity index (χ0v) is 24.4. The summed E-state index contributed by atoms with van der Waals surface area (Å²) in [4.78, 5) is 21.7. The van der Waals surface area contributed by atoms with Crippen LogP contribution in [0.1, 0.15) is 70.3 Å². The normalized spacial score (nSPS) is 17.7. The van der Waals surface area contributed by atoms with Crippen LogP contribution < -0.4 is 15.5 Å². The summed E-state index contributed by atoms with van der Waals surface area (Å²) in [5, 5.41) is 7.95. The van der Waals surface area contributed by atoms with E-state index in [0.29, 0.717) is 18.4 Å². The quantitative estimate of drug-likeness (QED) is 0.296. The molecule has 0 radical (unpaired) electrons. The van der Waals surface area contributed by atoms with Gasteiger partial charge in [-0.15, -0.1) is 0 Å². The molecule has 0 spiro atoms. The van der Waals surface area contributed by atoms with E-state index >= 15 is 0 Å². The van der Waals surface area contributed by atoms with Gasteiger partial charge in [-0.1, -0.05) is 52.5 Å². The number of nitrogens with one attached hydrogen (secondary N) is 2. The van der Waals surface area contributed by atoms with Gasteiger partial charge in [0.25, 0.3) is 0 Å². The lowest BCUT2D eigenvalue weighted by molar-refractivity contribution is 0.215. The largest absolute Gasteiger partial charge is 0.355 e. The van der Waals surface area contributed by atoms with E-state index in [1.165, 1.54) is 5.56 Å². The number of aromatic nitrogens is 4. The van der Waals surface area contributed by atoms with E-state index in [1.54, 1.807) is 0 Å². The lowest BCUT2D eigenvalue weighted by Crippen LogP contribution is -2.53. The molecule has 0 saturated carbocycles. The number of anilines is 2. The standard InChI is InChI=1S/C32H43N7/c1-9-22(4)25-18-34-19-26-30(25)31(39(8)27-13-14-33-20-32(27,6)7)38-29(37-26)17-24-12-15-35-28(16-24)36-23(5)11-10-21(2)3/h10-12,15-16,18-19,22,27,33H,2,5,9,13-14,17,20H2,1,3-4,6-8H3,(H,35,36)/b11-10-. The molecule has 2 N–H and O–H groups in total. The number of nitrogens with zero attached hydrogens (tertiary/aromatic N) is 5. The maximum absolute atomic E-state index is 5.24. The van der Waals surface area contributed by atoms with Crippen molar-refractivity contribution in [3.8, 4) is 0 Å². The minimum Gasteiger partial charge on any atom is -0.355 e. The summed E-state index contributed by atoms with van der Waals surface area (Å²) in [6, 6.07) is 4.40. The molecule has 0 aliphatic carbocycles. The number of allylic oxidation sites excluding steroid dienone is 3. The van der Waals surface area contributed by atoms with E-state index in [4.69, 9.17) is 9.97 Å². The summed E-state index contributed by atoms with van der Waals surface area (Å²) in [5.74, 6) is 2.87. The van der Waals surface area contributed by atoms with E-state index in [9.17, 15) is 0 Å². The van der Waals surface area contributed by atoms with Crippen molar-refractivity contribution in [2.75, 3.05) is 30.4 Å². The van der Waals surface area contributed by atoms with Crippen molar-refractivity contribution >= 4 is 22.5 Å². The summed E-state index contributed by atoms with van der Waals surface area (Å²) in [7, 11) is 2.20. The van der Waals surface area contributed by atoms with Crippen LogP contribution in [0.15, 0.2) is 67.3 Å². The second-order valence-corrected chi connectivity index (χ2v) is 11.5. The van der Waals surface area contributed by atoms with Crippen LogP contribution in [0.2, 0.25) is 0 Å². The molecule has 2 atom stereocenters. The average Bonchev–Trinajstić information content (AvgIpc) is 2.90. The fraction of sp³-hybridized carbons (Fsp3) is 0.438. The van der Waals surface area contributed by atoms with Gasteiger partial charge in [-0.05, 0) is 67.0 Å². The Hall–Kier alpha value is -3.58.